The van der Waals surface area contributed by atoms with Gasteiger partial charge in [-0.3, -0.25) is 4.98 Å². The van der Waals surface area contributed by atoms with Crippen LogP contribution < -0.4 is 0 Å². The Labute approximate surface area is 101 Å². The van der Waals surface area contributed by atoms with Crippen molar-refractivity contribution >= 4 is 21.4 Å². The van der Waals surface area contributed by atoms with E-state index >= 15 is 0 Å². The molecule has 16 heavy (non-hydrogen) atoms. The van der Waals surface area contributed by atoms with Crippen molar-refractivity contribution < 1.29 is 0 Å². The van der Waals surface area contributed by atoms with E-state index in [1.54, 1.807) is 6.20 Å². The molecule has 3 nitrogen and oxygen atoms in total. The lowest BCUT2D eigenvalue weighted by Gasteiger charge is -1.95. The first-order valence-electron chi connectivity index (χ1n) is 4.89. The summed E-state index contributed by atoms with van der Waals surface area (Å²) in [5.41, 5.74) is 3.02. The van der Waals surface area contributed by atoms with E-state index in [1.165, 1.54) is 0 Å². The molecule has 0 N–H and O–H groups in total. The topological polar surface area (TPSA) is 30.2 Å². The summed E-state index contributed by atoms with van der Waals surface area (Å²) in [6.45, 7) is 0. The van der Waals surface area contributed by atoms with E-state index in [2.05, 4.69) is 26.0 Å². The minimum absolute atomic E-state index is 0.931. The van der Waals surface area contributed by atoms with E-state index in [4.69, 9.17) is 0 Å². The summed E-state index contributed by atoms with van der Waals surface area (Å²) < 4.78 is 2.81. The SMILES string of the molecule is Brc1cccc2cc(-c3cccnc3)nn12. The molecule has 0 bridgehead atoms. The van der Waals surface area contributed by atoms with Gasteiger partial charge < -0.3 is 0 Å². The zero-order chi connectivity index (χ0) is 11.0. The van der Waals surface area contributed by atoms with Gasteiger partial charge in [0, 0.05) is 18.0 Å². The van der Waals surface area contributed by atoms with Crippen molar-refractivity contribution in [2.75, 3.05) is 0 Å². The van der Waals surface area contributed by atoms with Crippen molar-refractivity contribution in [3.63, 3.8) is 0 Å². The third-order valence-corrected chi connectivity index (χ3v) is 3.00. The Hall–Kier alpha value is -1.68. The number of aromatic nitrogens is 3. The molecule has 0 aliphatic carbocycles. The normalized spacial score (nSPS) is 10.8. The maximum atomic E-state index is 4.51. The quantitative estimate of drug-likeness (QED) is 0.638. The molecule has 0 atom stereocenters. The molecule has 0 aromatic carbocycles. The summed E-state index contributed by atoms with van der Waals surface area (Å²) in [5, 5.41) is 4.51. The highest BCUT2D eigenvalue weighted by Gasteiger charge is 2.05. The van der Waals surface area contributed by atoms with E-state index in [-0.39, 0.29) is 0 Å². The fraction of sp³-hybridized carbons (Fsp3) is 0. The second-order valence-corrected chi connectivity index (χ2v) is 4.27. The molecule has 0 radical (unpaired) electrons. The Bertz CT molecular complexity index is 631. The highest BCUT2D eigenvalue weighted by atomic mass is 79.9. The van der Waals surface area contributed by atoms with Gasteiger partial charge in [0.25, 0.3) is 0 Å². The molecule has 3 aromatic heterocycles. The predicted molar refractivity (Wildman–Crippen MR) is 66.1 cm³/mol. The average molecular weight is 274 g/mol. The number of rotatable bonds is 1. The minimum atomic E-state index is 0.931. The van der Waals surface area contributed by atoms with Crippen molar-refractivity contribution in [1.82, 2.24) is 14.6 Å². The molecule has 0 aliphatic heterocycles. The van der Waals surface area contributed by atoms with Gasteiger partial charge in [-0.1, -0.05) is 6.07 Å². The number of hydrogen-bond donors (Lipinski definition) is 0. The van der Waals surface area contributed by atoms with Crippen molar-refractivity contribution in [3.05, 3.63) is 53.4 Å². The van der Waals surface area contributed by atoms with Crippen LogP contribution in [-0.4, -0.2) is 14.6 Å². The lowest BCUT2D eigenvalue weighted by molar-refractivity contribution is 0.939. The van der Waals surface area contributed by atoms with Gasteiger partial charge in [0.1, 0.15) is 4.60 Å². The summed E-state index contributed by atoms with van der Waals surface area (Å²) in [6, 6.07) is 11.9. The van der Waals surface area contributed by atoms with Crippen molar-refractivity contribution in [2.45, 2.75) is 0 Å². The molecule has 0 aliphatic rings. The fourth-order valence-electron chi connectivity index (χ4n) is 1.64. The number of nitrogens with zero attached hydrogens (tertiary/aromatic N) is 3. The fourth-order valence-corrected chi connectivity index (χ4v) is 2.07. The largest absolute Gasteiger partial charge is 0.264 e. The van der Waals surface area contributed by atoms with Crippen LogP contribution in [0.3, 0.4) is 0 Å². The predicted octanol–water partition coefficient (Wildman–Crippen LogP) is 3.16. The Morgan fingerprint density at radius 1 is 1.12 bits per heavy atom. The summed E-state index contributed by atoms with van der Waals surface area (Å²) >= 11 is 3.47. The zero-order valence-electron chi connectivity index (χ0n) is 8.34. The van der Waals surface area contributed by atoms with Crippen LogP contribution >= 0.6 is 15.9 Å². The number of pyridine rings is 2. The number of halogens is 1. The maximum absolute atomic E-state index is 4.51. The average Bonchev–Trinajstić information content (AvgIpc) is 2.76. The highest BCUT2D eigenvalue weighted by molar-refractivity contribution is 9.10. The van der Waals surface area contributed by atoms with E-state index in [0.29, 0.717) is 0 Å². The van der Waals surface area contributed by atoms with E-state index < -0.39 is 0 Å². The number of hydrogen-bond acceptors (Lipinski definition) is 2. The molecule has 0 fully saturated rings. The van der Waals surface area contributed by atoms with Crippen molar-refractivity contribution in [1.29, 1.82) is 0 Å². The molecule has 78 valence electrons. The lowest BCUT2D eigenvalue weighted by Crippen LogP contribution is -1.88. The van der Waals surface area contributed by atoms with E-state index in [9.17, 15) is 0 Å². The Morgan fingerprint density at radius 2 is 2.06 bits per heavy atom. The Morgan fingerprint density at radius 3 is 2.81 bits per heavy atom. The summed E-state index contributed by atoms with van der Waals surface area (Å²) in [5.74, 6) is 0. The molecule has 0 saturated carbocycles. The Kier molecular flexibility index (Phi) is 2.22. The molecular formula is C12H8BrN3. The maximum Gasteiger partial charge on any atom is 0.108 e. The van der Waals surface area contributed by atoms with Gasteiger partial charge in [0.05, 0.1) is 11.2 Å². The molecule has 0 saturated heterocycles. The van der Waals surface area contributed by atoms with Gasteiger partial charge in [-0.15, -0.1) is 0 Å². The standard InChI is InChI=1S/C12H8BrN3/c13-12-5-1-4-10-7-11(15-16(10)12)9-3-2-6-14-8-9/h1-8H. The van der Waals surface area contributed by atoms with Gasteiger partial charge in [0.2, 0.25) is 0 Å². The molecule has 0 unspecified atom stereocenters. The monoisotopic (exact) mass is 273 g/mol. The van der Waals surface area contributed by atoms with Crippen LogP contribution in [0.15, 0.2) is 53.4 Å². The summed E-state index contributed by atoms with van der Waals surface area (Å²) in [7, 11) is 0. The van der Waals surface area contributed by atoms with Gasteiger partial charge in [-0.2, -0.15) is 5.10 Å². The lowest BCUT2D eigenvalue weighted by atomic mass is 10.2. The first-order chi connectivity index (χ1) is 7.84. The van der Waals surface area contributed by atoms with Gasteiger partial charge in [-0.25, -0.2) is 4.52 Å². The first kappa shape index (κ1) is 9.54. The molecule has 3 rings (SSSR count). The highest BCUT2D eigenvalue weighted by Crippen LogP contribution is 2.21. The Balaban J connectivity index is 2.23. The van der Waals surface area contributed by atoms with E-state index in [0.717, 1.165) is 21.4 Å². The third kappa shape index (κ3) is 1.51. The molecule has 0 spiro atoms. The van der Waals surface area contributed by atoms with Gasteiger partial charge in [-0.05, 0) is 46.3 Å². The molecule has 3 heterocycles. The first-order valence-corrected chi connectivity index (χ1v) is 5.68. The third-order valence-electron chi connectivity index (χ3n) is 2.40. The molecule has 3 aromatic rings. The molecule has 0 amide bonds. The van der Waals surface area contributed by atoms with Crippen LogP contribution in [0.5, 0.6) is 0 Å². The molecular weight excluding hydrogens is 266 g/mol. The smallest absolute Gasteiger partial charge is 0.108 e. The van der Waals surface area contributed by atoms with Crippen molar-refractivity contribution in [3.8, 4) is 11.3 Å². The van der Waals surface area contributed by atoms with Crippen LogP contribution in [-0.2, 0) is 0 Å². The number of fused-ring (bicyclic) bond motifs is 1. The summed E-state index contributed by atoms with van der Waals surface area (Å²) in [4.78, 5) is 4.09. The van der Waals surface area contributed by atoms with Crippen LogP contribution in [0.1, 0.15) is 0 Å². The van der Waals surface area contributed by atoms with Crippen LogP contribution in [0.2, 0.25) is 0 Å². The van der Waals surface area contributed by atoms with Crippen LogP contribution in [0.4, 0.5) is 0 Å². The van der Waals surface area contributed by atoms with E-state index in [1.807, 2.05) is 47.1 Å². The van der Waals surface area contributed by atoms with Crippen LogP contribution in [0.25, 0.3) is 16.8 Å². The second-order valence-electron chi connectivity index (χ2n) is 3.46. The second kappa shape index (κ2) is 3.72. The van der Waals surface area contributed by atoms with Crippen LogP contribution in [0, 0.1) is 0 Å². The molecule has 4 heteroatoms. The van der Waals surface area contributed by atoms with Gasteiger partial charge in [0.15, 0.2) is 0 Å². The minimum Gasteiger partial charge on any atom is -0.264 e. The van der Waals surface area contributed by atoms with Crippen molar-refractivity contribution in [2.24, 2.45) is 0 Å². The zero-order valence-corrected chi connectivity index (χ0v) is 9.92. The van der Waals surface area contributed by atoms with Gasteiger partial charge >= 0.3 is 0 Å². The summed E-state index contributed by atoms with van der Waals surface area (Å²) in [6.07, 6.45) is 3.57.